The molecule has 1 heterocycles. The second kappa shape index (κ2) is 6.04. The van der Waals surface area contributed by atoms with Crippen LogP contribution >= 0.6 is 0 Å². The summed E-state index contributed by atoms with van der Waals surface area (Å²) in [5.41, 5.74) is 0.321. The van der Waals surface area contributed by atoms with Crippen LogP contribution in [0, 0.1) is 13.8 Å². The van der Waals surface area contributed by atoms with Gasteiger partial charge in [0.2, 0.25) is 10.0 Å². The lowest BCUT2D eigenvalue weighted by atomic mass is 10.2. The lowest BCUT2D eigenvalue weighted by Gasteiger charge is -2.18. The number of aliphatic hydroxyl groups excluding tert-OH is 1. The Kier molecular flexibility index (Phi) is 5.14. The normalized spacial score (nSPS) is 14.1. The van der Waals surface area contributed by atoms with Crippen molar-refractivity contribution in [3.8, 4) is 0 Å². The first kappa shape index (κ1) is 16.2. The SMILES string of the molecule is Cc1oc(C)c(S(=O)(=O)NC(C)CN(C)C)c1CO. The van der Waals surface area contributed by atoms with Gasteiger partial charge in [0.15, 0.2) is 0 Å². The van der Waals surface area contributed by atoms with Gasteiger partial charge in [0, 0.05) is 18.2 Å². The average Bonchev–Trinajstić information content (AvgIpc) is 2.50. The number of sulfonamides is 1. The topological polar surface area (TPSA) is 82.8 Å². The van der Waals surface area contributed by atoms with E-state index in [9.17, 15) is 13.5 Å². The van der Waals surface area contributed by atoms with Crippen LogP contribution in [0.3, 0.4) is 0 Å². The molecular formula is C12H22N2O4S. The minimum absolute atomic E-state index is 0.0538. The highest BCUT2D eigenvalue weighted by Crippen LogP contribution is 2.26. The third-order valence-electron chi connectivity index (χ3n) is 2.75. The lowest BCUT2D eigenvalue weighted by Crippen LogP contribution is -2.39. The molecule has 0 bridgehead atoms. The molecule has 19 heavy (non-hydrogen) atoms. The fraction of sp³-hybridized carbons (Fsp3) is 0.667. The Morgan fingerprint density at radius 3 is 2.37 bits per heavy atom. The summed E-state index contributed by atoms with van der Waals surface area (Å²) >= 11 is 0. The van der Waals surface area contributed by atoms with E-state index in [2.05, 4.69) is 4.72 Å². The number of nitrogens with zero attached hydrogens (tertiary/aromatic N) is 1. The maximum atomic E-state index is 12.3. The van der Waals surface area contributed by atoms with Gasteiger partial charge >= 0.3 is 0 Å². The first-order chi connectivity index (χ1) is 8.69. The average molecular weight is 290 g/mol. The summed E-state index contributed by atoms with van der Waals surface area (Å²) in [6.07, 6.45) is 0. The second-order valence-corrected chi connectivity index (χ2v) is 6.62. The van der Waals surface area contributed by atoms with E-state index in [1.807, 2.05) is 19.0 Å². The molecule has 110 valence electrons. The first-order valence-electron chi connectivity index (χ1n) is 6.05. The van der Waals surface area contributed by atoms with Crippen molar-refractivity contribution in [2.24, 2.45) is 0 Å². The van der Waals surface area contributed by atoms with Gasteiger partial charge in [0.05, 0.1) is 6.61 Å². The Bertz CT molecular complexity index is 534. The Morgan fingerprint density at radius 2 is 1.89 bits per heavy atom. The maximum Gasteiger partial charge on any atom is 0.244 e. The Hall–Kier alpha value is -0.890. The van der Waals surface area contributed by atoms with Gasteiger partial charge in [0.1, 0.15) is 16.4 Å². The molecule has 1 unspecified atom stereocenters. The van der Waals surface area contributed by atoms with Gasteiger partial charge < -0.3 is 14.4 Å². The number of hydrogen-bond acceptors (Lipinski definition) is 5. The molecule has 1 atom stereocenters. The van der Waals surface area contributed by atoms with Crippen molar-refractivity contribution in [3.05, 3.63) is 17.1 Å². The summed E-state index contributed by atoms with van der Waals surface area (Å²) in [5.74, 6) is 0.728. The van der Waals surface area contributed by atoms with E-state index >= 15 is 0 Å². The highest BCUT2D eigenvalue weighted by Gasteiger charge is 2.27. The smallest absolute Gasteiger partial charge is 0.244 e. The summed E-state index contributed by atoms with van der Waals surface area (Å²) in [6, 6.07) is -0.235. The van der Waals surface area contributed by atoms with Gasteiger partial charge in [-0.25, -0.2) is 13.1 Å². The number of aryl methyl sites for hydroxylation is 2. The van der Waals surface area contributed by atoms with E-state index in [-0.39, 0.29) is 17.5 Å². The second-order valence-electron chi connectivity index (χ2n) is 4.96. The number of likely N-dealkylation sites (N-methyl/N-ethyl adjacent to an activating group) is 1. The third kappa shape index (κ3) is 3.79. The standard InChI is InChI=1S/C12H22N2O4S/c1-8(6-14(4)5)13-19(16,17)12-10(3)18-9(2)11(12)7-15/h8,13,15H,6-7H2,1-5H3. The van der Waals surface area contributed by atoms with E-state index in [0.29, 0.717) is 23.6 Å². The highest BCUT2D eigenvalue weighted by molar-refractivity contribution is 7.89. The zero-order chi connectivity index (χ0) is 14.8. The quantitative estimate of drug-likeness (QED) is 0.802. The number of rotatable bonds is 6. The molecule has 0 amide bonds. The first-order valence-corrected chi connectivity index (χ1v) is 7.54. The van der Waals surface area contributed by atoms with Gasteiger partial charge in [-0.15, -0.1) is 0 Å². The largest absolute Gasteiger partial charge is 0.465 e. The number of hydrogen-bond donors (Lipinski definition) is 2. The molecule has 0 aromatic carbocycles. The Balaban J connectivity index is 3.07. The van der Waals surface area contributed by atoms with Gasteiger partial charge in [-0.1, -0.05) is 0 Å². The molecule has 7 heteroatoms. The van der Waals surface area contributed by atoms with Crippen molar-refractivity contribution in [1.29, 1.82) is 0 Å². The number of aliphatic hydroxyl groups is 1. The van der Waals surface area contributed by atoms with Crippen LogP contribution < -0.4 is 4.72 Å². The van der Waals surface area contributed by atoms with Crippen LogP contribution in [0.5, 0.6) is 0 Å². The third-order valence-corrected chi connectivity index (χ3v) is 4.53. The van der Waals surface area contributed by atoms with Crippen LogP contribution in [0.15, 0.2) is 9.31 Å². The van der Waals surface area contributed by atoms with Gasteiger partial charge in [-0.05, 0) is 34.9 Å². The van der Waals surface area contributed by atoms with E-state index < -0.39 is 10.0 Å². The number of nitrogens with one attached hydrogen (secondary N) is 1. The van der Waals surface area contributed by atoms with Crippen LogP contribution in [0.4, 0.5) is 0 Å². The molecule has 2 N–H and O–H groups in total. The van der Waals surface area contributed by atoms with Crippen molar-refractivity contribution in [2.45, 2.75) is 38.3 Å². The fourth-order valence-electron chi connectivity index (χ4n) is 2.15. The predicted octanol–water partition coefficient (Wildman–Crippen LogP) is 0.617. The van der Waals surface area contributed by atoms with Crippen LogP contribution in [0.1, 0.15) is 24.0 Å². The van der Waals surface area contributed by atoms with Gasteiger partial charge in [0.25, 0.3) is 0 Å². The summed E-state index contributed by atoms with van der Waals surface area (Å²) < 4.78 is 32.6. The monoisotopic (exact) mass is 290 g/mol. The molecule has 1 rings (SSSR count). The summed E-state index contributed by atoms with van der Waals surface area (Å²) in [7, 11) is 0.0563. The van der Waals surface area contributed by atoms with E-state index in [0.717, 1.165) is 0 Å². The molecule has 0 fully saturated rings. The van der Waals surface area contributed by atoms with Crippen LogP contribution in [0.25, 0.3) is 0 Å². The van der Waals surface area contributed by atoms with Crippen LogP contribution in [-0.4, -0.2) is 45.1 Å². The minimum Gasteiger partial charge on any atom is -0.465 e. The molecule has 0 saturated heterocycles. The van der Waals surface area contributed by atoms with E-state index in [1.54, 1.807) is 20.8 Å². The van der Waals surface area contributed by atoms with E-state index in [1.165, 1.54) is 0 Å². The maximum absolute atomic E-state index is 12.3. The van der Waals surface area contributed by atoms with E-state index in [4.69, 9.17) is 4.42 Å². The van der Waals surface area contributed by atoms with Crippen molar-refractivity contribution in [2.75, 3.05) is 20.6 Å². The molecular weight excluding hydrogens is 268 g/mol. The summed E-state index contributed by atoms with van der Waals surface area (Å²) in [5, 5.41) is 9.30. The van der Waals surface area contributed by atoms with Crippen LogP contribution in [-0.2, 0) is 16.6 Å². The zero-order valence-corrected chi connectivity index (χ0v) is 12.8. The predicted molar refractivity (Wildman–Crippen MR) is 72.4 cm³/mol. The fourth-order valence-corrected chi connectivity index (χ4v) is 3.83. The zero-order valence-electron chi connectivity index (χ0n) is 12.0. The Labute approximate surface area is 114 Å². The minimum atomic E-state index is -3.69. The summed E-state index contributed by atoms with van der Waals surface area (Å²) in [6.45, 7) is 5.24. The molecule has 0 aliphatic rings. The Morgan fingerprint density at radius 1 is 1.32 bits per heavy atom. The van der Waals surface area contributed by atoms with Crippen molar-refractivity contribution >= 4 is 10.0 Å². The lowest BCUT2D eigenvalue weighted by molar-refractivity contribution is 0.276. The van der Waals surface area contributed by atoms with Crippen LogP contribution in [0.2, 0.25) is 0 Å². The summed E-state index contributed by atoms with van der Waals surface area (Å²) in [4.78, 5) is 1.95. The molecule has 0 aliphatic carbocycles. The molecule has 0 aliphatic heterocycles. The molecule has 1 aromatic heterocycles. The molecule has 0 radical (unpaired) electrons. The van der Waals surface area contributed by atoms with Crippen molar-refractivity contribution in [3.63, 3.8) is 0 Å². The van der Waals surface area contributed by atoms with Crippen molar-refractivity contribution in [1.82, 2.24) is 9.62 Å². The van der Waals surface area contributed by atoms with Crippen molar-refractivity contribution < 1.29 is 17.9 Å². The van der Waals surface area contributed by atoms with Gasteiger partial charge in [-0.2, -0.15) is 0 Å². The highest BCUT2D eigenvalue weighted by atomic mass is 32.2. The number of furan rings is 1. The molecule has 0 saturated carbocycles. The molecule has 0 spiro atoms. The molecule has 6 nitrogen and oxygen atoms in total. The van der Waals surface area contributed by atoms with Gasteiger partial charge in [-0.3, -0.25) is 0 Å². The molecule has 1 aromatic rings.